The van der Waals surface area contributed by atoms with Crippen molar-refractivity contribution in [1.29, 1.82) is 0 Å². The molecule has 5 heteroatoms. The lowest BCUT2D eigenvalue weighted by atomic mass is 10.2. The van der Waals surface area contributed by atoms with Crippen molar-refractivity contribution in [1.82, 2.24) is 4.90 Å². The van der Waals surface area contributed by atoms with Gasteiger partial charge in [0.15, 0.2) is 5.57 Å². The summed E-state index contributed by atoms with van der Waals surface area (Å²) in [7, 11) is 1.46. The Balaban J connectivity index is 1.68. The number of hydrogen-bond acceptors (Lipinski definition) is 4. The Hall–Kier alpha value is -3.08. The second-order valence-electron chi connectivity index (χ2n) is 5.71. The number of rotatable bonds is 6. The van der Waals surface area contributed by atoms with E-state index in [0.717, 1.165) is 11.1 Å². The average Bonchev–Trinajstić information content (AvgIpc) is 2.97. The molecule has 3 rings (SSSR count). The van der Waals surface area contributed by atoms with Crippen molar-refractivity contribution in [2.24, 2.45) is 0 Å². The number of ether oxygens (including phenoxy) is 2. The van der Waals surface area contributed by atoms with Crippen molar-refractivity contribution < 1.29 is 19.1 Å². The molecule has 2 aromatic carbocycles. The lowest BCUT2D eigenvalue weighted by molar-refractivity contribution is -0.143. The van der Waals surface area contributed by atoms with E-state index in [-0.39, 0.29) is 24.6 Å². The average molecular weight is 337 g/mol. The summed E-state index contributed by atoms with van der Waals surface area (Å²) >= 11 is 0. The monoisotopic (exact) mass is 337 g/mol. The van der Waals surface area contributed by atoms with E-state index in [0.29, 0.717) is 12.3 Å². The highest BCUT2D eigenvalue weighted by atomic mass is 16.5. The molecular formula is C20H19NO4. The molecule has 5 nitrogen and oxygen atoms in total. The van der Waals surface area contributed by atoms with E-state index in [9.17, 15) is 9.59 Å². The molecule has 0 saturated carbocycles. The summed E-state index contributed by atoms with van der Waals surface area (Å²) in [4.78, 5) is 26.6. The minimum absolute atomic E-state index is 0.0191. The van der Waals surface area contributed by atoms with Crippen LogP contribution in [0.15, 0.2) is 72.0 Å². The first kappa shape index (κ1) is 16.8. The number of hydrogen-bond donors (Lipinski definition) is 0. The van der Waals surface area contributed by atoms with Gasteiger partial charge < -0.3 is 14.4 Å². The number of nitrogens with zero attached hydrogens (tertiary/aromatic N) is 1. The highest BCUT2D eigenvalue weighted by Gasteiger charge is 2.37. The highest BCUT2D eigenvalue weighted by Crippen LogP contribution is 2.23. The van der Waals surface area contributed by atoms with Crippen LogP contribution in [0, 0.1) is 0 Å². The molecule has 128 valence electrons. The first-order valence-corrected chi connectivity index (χ1v) is 8.00. The van der Waals surface area contributed by atoms with Gasteiger partial charge in [0.05, 0.1) is 13.7 Å². The van der Waals surface area contributed by atoms with Crippen LogP contribution >= 0.6 is 0 Å². The first-order chi connectivity index (χ1) is 12.2. The SMILES string of the molecule is COC1=C(C(=O)OCc2ccccc2)C(=O)N(Cc2ccccc2)C1. The van der Waals surface area contributed by atoms with Gasteiger partial charge in [-0.1, -0.05) is 60.7 Å². The molecule has 0 unspecified atom stereocenters. The molecule has 0 atom stereocenters. The Labute approximate surface area is 146 Å². The van der Waals surface area contributed by atoms with Crippen molar-refractivity contribution in [2.45, 2.75) is 13.2 Å². The fourth-order valence-electron chi connectivity index (χ4n) is 2.70. The molecule has 2 aromatic rings. The van der Waals surface area contributed by atoms with Crippen LogP contribution in [-0.4, -0.2) is 30.4 Å². The van der Waals surface area contributed by atoms with E-state index in [1.165, 1.54) is 7.11 Å². The van der Waals surface area contributed by atoms with E-state index in [1.54, 1.807) is 4.90 Å². The zero-order chi connectivity index (χ0) is 17.6. The van der Waals surface area contributed by atoms with E-state index in [4.69, 9.17) is 9.47 Å². The minimum atomic E-state index is -0.652. The molecule has 0 N–H and O–H groups in total. The van der Waals surface area contributed by atoms with Crippen LogP contribution in [0.2, 0.25) is 0 Å². The van der Waals surface area contributed by atoms with Gasteiger partial charge in [-0.25, -0.2) is 4.79 Å². The zero-order valence-corrected chi connectivity index (χ0v) is 14.0. The molecule has 0 radical (unpaired) electrons. The molecule has 25 heavy (non-hydrogen) atoms. The van der Waals surface area contributed by atoms with E-state index in [2.05, 4.69) is 0 Å². The van der Waals surface area contributed by atoms with Gasteiger partial charge in [0.1, 0.15) is 12.4 Å². The maximum absolute atomic E-state index is 12.6. The third kappa shape index (κ3) is 3.88. The van der Waals surface area contributed by atoms with Gasteiger partial charge in [-0.15, -0.1) is 0 Å². The van der Waals surface area contributed by atoms with Gasteiger partial charge in [-0.2, -0.15) is 0 Å². The van der Waals surface area contributed by atoms with Crippen LogP contribution in [-0.2, 0) is 32.2 Å². The van der Waals surface area contributed by atoms with Crippen LogP contribution in [0.4, 0.5) is 0 Å². The second kappa shape index (κ2) is 7.66. The number of amides is 1. The van der Waals surface area contributed by atoms with Gasteiger partial charge in [-0.3, -0.25) is 4.79 Å². The van der Waals surface area contributed by atoms with Gasteiger partial charge in [0.25, 0.3) is 5.91 Å². The fourth-order valence-corrected chi connectivity index (χ4v) is 2.70. The lowest BCUT2D eigenvalue weighted by Gasteiger charge is -2.16. The van der Waals surface area contributed by atoms with E-state index >= 15 is 0 Å². The standard InChI is InChI=1S/C20H19NO4/c1-24-17-13-21(12-15-8-4-2-5-9-15)19(22)18(17)20(23)25-14-16-10-6-3-7-11-16/h2-11H,12-14H2,1H3. The Morgan fingerprint density at radius 2 is 1.60 bits per heavy atom. The van der Waals surface area contributed by atoms with E-state index in [1.807, 2.05) is 60.7 Å². The fraction of sp³-hybridized carbons (Fsp3) is 0.200. The molecule has 0 bridgehead atoms. The topological polar surface area (TPSA) is 55.8 Å². The van der Waals surface area contributed by atoms with Crippen molar-refractivity contribution >= 4 is 11.9 Å². The normalized spacial score (nSPS) is 14.0. The molecule has 0 fully saturated rings. The quantitative estimate of drug-likeness (QED) is 0.601. The van der Waals surface area contributed by atoms with Gasteiger partial charge >= 0.3 is 5.97 Å². The molecule has 0 spiro atoms. The molecule has 1 aliphatic heterocycles. The summed E-state index contributed by atoms with van der Waals surface area (Å²) in [6.45, 7) is 0.800. The number of benzene rings is 2. The maximum Gasteiger partial charge on any atom is 0.347 e. The molecule has 0 saturated heterocycles. The number of carbonyl (C=O) groups is 2. The number of methoxy groups -OCH3 is 1. The summed E-state index contributed by atoms with van der Waals surface area (Å²) in [6, 6.07) is 19.0. The van der Waals surface area contributed by atoms with Crippen LogP contribution in [0.5, 0.6) is 0 Å². The van der Waals surface area contributed by atoms with Crippen LogP contribution in [0.3, 0.4) is 0 Å². The van der Waals surface area contributed by atoms with E-state index < -0.39 is 5.97 Å². The third-order valence-electron chi connectivity index (χ3n) is 3.99. The largest absolute Gasteiger partial charge is 0.498 e. The van der Waals surface area contributed by atoms with Crippen molar-refractivity contribution in [2.75, 3.05) is 13.7 Å². The molecule has 1 heterocycles. The molecule has 0 aliphatic carbocycles. The highest BCUT2D eigenvalue weighted by molar-refractivity contribution is 6.18. The van der Waals surface area contributed by atoms with Crippen LogP contribution < -0.4 is 0 Å². The van der Waals surface area contributed by atoms with Gasteiger partial charge in [0, 0.05) is 6.54 Å². The first-order valence-electron chi connectivity index (χ1n) is 8.00. The predicted octanol–water partition coefficient (Wildman–Crippen LogP) is 2.67. The number of esters is 1. The summed E-state index contributed by atoms with van der Waals surface area (Å²) in [5, 5.41) is 0. The predicted molar refractivity (Wildman–Crippen MR) is 92.1 cm³/mol. The summed E-state index contributed by atoms with van der Waals surface area (Å²) in [5.41, 5.74) is 1.83. The second-order valence-corrected chi connectivity index (χ2v) is 5.71. The summed E-state index contributed by atoms with van der Waals surface area (Å²) in [6.07, 6.45) is 0. The minimum Gasteiger partial charge on any atom is -0.498 e. The lowest BCUT2D eigenvalue weighted by Crippen LogP contribution is -2.28. The van der Waals surface area contributed by atoms with Gasteiger partial charge in [-0.05, 0) is 11.1 Å². The van der Waals surface area contributed by atoms with Crippen molar-refractivity contribution in [3.8, 4) is 0 Å². The summed E-state index contributed by atoms with van der Waals surface area (Å²) < 4.78 is 10.5. The number of carbonyl (C=O) groups excluding carboxylic acids is 2. The molecular weight excluding hydrogens is 318 g/mol. The Morgan fingerprint density at radius 3 is 2.20 bits per heavy atom. The molecule has 1 amide bonds. The molecule has 0 aromatic heterocycles. The Bertz CT molecular complexity index is 784. The smallest absolute Gasteiger partial charge is 0.347 e. The molecule has 1 aliphatic rings. The van der Waals surface area contributed by atoms with Crippen LogP contribution in [0.25, 0.3) is 0 Å². The maximum atomic E-state index is 12.6. The summed E-state index contributed by atoms with van der Waals surface area (Å²) in [5.74, 6) is -0.668. The third-order valence-corrected chi connectivity index (χ3v) is 3.99. The van der Waals surface area contributed by atoms with Crippen molar-refractivity contribution in [3.05, 3.63) is 83.1 Å². The van der Waals surface area contributed by atoms with Crippen molar-refractivity contribution in [3.63, 3.8) is 0 Å². The Kier molecular flexibility index (Phi) is 5.14. The van der Waals surface area contributed by atoms with Gasteiger partial charge in [0.2, 0.25) is 0 Å². The van der Waals surface area contributed by atoms with Crippen LogP contribution in [0.1, 0.15) is 11.1 Å². The zero-order valence-electron chi connectivity index (χ0n) is 14.0. The Morgan fingerprint density at radius 1 is 1.00 bits per heavy atom.